The molecule has 23 heavy (non-hydrogen) atoms. The summed E-state index contributed by atoms with van der Waals surface area (Å²) in [5.41, 5.74) is 6.56. The number of hydrogen-bond donors (Lipinski definition) is 2. The van der Waals surface area contributed by atoms with Crippen molar-refractivity contribution >= 4 is 22.4 Å². The van der Waals surface area contributed by atoms with Gasteiger partial charge in [-0.2, -0.15) is 0 Å². The van der Waals surface area contributed by atoms with E-state index in [2.05, 4.69) is 10.3 Å². The maximum Gasteiger partial charge on any atom is 0.229 e. The van der Waals surface area contributed by atoms with Gasteiger partial charge in [-0.1, -0.05) is 24.6 Å². The highest BCUT2D eigenvalue weighted by molar-refractivity contribution is 7.15. The molecule has 0 saturated heterocycles. The fraction of sp³-hybridized carbons (Fsp3) is 0.412. The van der Waals surface area contributed by atoms with E-state index in [4.69, 9.17) is 5.73 Å². The second-order valence-corrected chi connectivity index (χ2v) is 7.13. The first kappa shape index (κ1) is 16.1. The van der Waals surface area contributed by atoms with E-state index in [9.17, 15) is 9.18 Å². The lowest BCUT2D eigenvalue weighted by Gasteiger charge is -2.25. The highest BCUT2D eigenvalue weighted by atomic mass is 32.1. The molecule has 1 amide bonds. The van der Waals surface area contributed by atoms with Gasteiger partial charge in [-0.05, 0) is 30.9 Å². The van der Waals surface area contributed by atoms with Crippen molar-refractivity contribution in [3.8, 4) is 0 Å². The molecule has 122 valence electrons. The fourth-order valence-electron chi connectivity index (χ4n) is 2.95. The third-order valence-electron chi connectivity index (χ3n) is 4.19. The number of nitrogens with two attached hydrogens (primary N) is 1. The van der Waals surface area contributed by atoms with E-state index in [-0.39, 0.29) is 23.7 Å². The van der Waals surface area contributed by atoms with E-state index in [1.54, 1.807) is 18.3 Å². The molecule has 3 rings (SSSR count). The van der Waals surface area contributed by atoms with E-state index in [1.165, 1.54) is 17.4 Å². The van der Waals surface area contributed by atoms with Crippen LogP contribution in [-0.2, 0) is 11.2 Å². The van der Waals surface area contributed by atoms with Crippen molar-refractivity contribution in [1.29, 1.82) is 0 Å². The molecule has 1 aromatic carbocycles. The molecule has 2 aromatic rings. The molecule has 0 aliphatic heterocycles. The zero-order chi connectivity index (χ0) is 16.2. The average molecular weight is 333 g/mol. The second kappa shape index (κ2) is 7.19. The number of carbonyl (C=O) groups is 1. The lowest BCUT2D eigenvalue weighted by atomic mass is 9.86. The van der Waals surface area contributed by atoms with Gasteiger partial charge in [-0.15, -0.1) is 11.3 Å². The number of nitrogens with one attached hydrogen (secondary N) is 1. The van der Waals surface area contributed by atoms with E-state index < -0.39 is 0 Å². The molecule has 1 fully saturated rings. The molecule has 4 nitrogen and oxygen atoms in total. The number of anilines is 1. The van der Waals surface area contributed by atoms with E-state index in [1.807, 2.05) is 6.07 Å². The van der Waals surface area contributed by atoms with Crippen molar-refractivity contribution in [2.75, 3.05) is 5.32 Å². The number of aromatic nitrogens is 1. The highest BCUT2D eigenvalue weighted by Gasteiger charge is 2.25. The summed E-state index contributed by atoms with van der Waals surface area (Å²) in [5, 5.41) is 3.44. The van der Waals surface area contributed by atoms with Gasteiger partial charge in [0.05, 0.1) is 0 Å². The smallest absolute Gasteiger partial charge is 0.229 e. The fourth-order valence-corrected chi connectivity index (χ4v) is 3.79. The molecule has 2 unspecified atom stereocenters. The summed E-state index contributed by atoms with van der Waals surface area (Å²) in [4.78, 5) is 17.4. The molecular formula is C17H20FN3OS. The van der Waals surface area contributed by atoms with Gasteiger partial charge in [0, 0.05) is 29.5 Å². The molecule has 1 aliphatic carbocycles. The Morgan fingerprint density at radius 3 is 3.00 bits per heavy atom. The van der Waals surface area contributed by atoms with Crippen molar-refractivity contribution in [3.63, 3.8) is 0 Å². The Morgan fingerprint density at radius 1 is 1.39 bits per heavy atom. The van der Waals surface area contributed by atoms with Gasteiger partial charge in [-0.3, -0.25) is 4.79 Å². The molecule has 1 heterocycles. The monoisotopic (exact) mass is 333 g/mol. The van der Waals surface area contributed by atoms with Gasteiger partial charge in [0.25, 0.3) is 0 Å². The van der Waals surface area contributed by atoms with Crippen molar-refractivity contribution in [2.24, 2.45) is 11.7 Å². The topological polar surface area (TPSA) is 68.0 Å². The first-order valence-corrected chi connectivity index (χ1v) is 8.68. The lowest BCUT2D eigenvalue weighted by Crippen LogP contribution is -2.34. The van der Waals surface area contributed by atoms with Crippen LogP contribution < -0.4 is 11.1 Å². The average Bonchev–Trinajstić information content (AvgIpc) is 2.97. The second-order valence-electron chi connectivity index (χ2n) is 6.01. The van der Waals surface area contributed by atoms with Crippen LogP contribution >= 0.6 is 11.3 Å². The van der Waals surface area contributed by atoms with Gasteiger partial charge in [0.1, 0.15) is 5.82 Å². The maximum atomic E-state index is 13.7. The molecule has 1 aliphatic rings. The van der Waals surface area contributed by atoms with Crippen LogP contribution in [0.25, 0.3) is 0 Å². The number of amides is 1. The summed E-state index contributed by atoms with van der Waals surface area (Å²) in [6.07, 6.45) is 5.78. The first-order chi connectivity index (χ1) is 11.1. The number of nitrogens with zero attached hydrogens (tertiary/aromatic N) is 1. The SMILES string of the molecule is NC1CCCC(C(=O)Nc2ncc(Cc3ccccc3F)s2)C1. The summed E-state index contributed by atoms with van der Waals surface area (Å²) >= 11 is 1.39. The minimum Gasteiger partial charge on any atom is -0.328 e. The van der Waals surface area contributed by atoms with Crippen LogP contribution in [0.15, 0.2) is 30.5 Å². The first-order valence-electron chi connectivity index (χ1n) is 7.86. The Kier molecular flexibility index (Phi) is 5.03. The van der Waals surface area contributed by atoms with Crippen molar-refractivity contribution in [3.05, 3.63) is 46.7 Å². The summed E-state index contributed by atoms with van der Waals surface area (Å²) in [7, 11) is 0. The number of hydrogen-bond acceptors (Lipinski definition) is 4. The van der Waals surface area contributed by atoms with Crippen LogP contribution in [-0.4, -0.2) is 16.9 Å². The van der Waals surface area contributed by atoms with E-state index in [0.717, 1.165) is 30.6 Å². The molecule has 2 atom stereocenters. The number of rotatable bonds is 4. The molecule has 0 spiro atoms. The zero-order valence-electron chi connectivity index (χ0n) is 12.8. The number of carbonyl (C=O) groups excluding carboxylic acids is 1. The highest BCUT2D eigenvalue weighted by Crippen LogP contribution is 2.26. The Labute approximate surface area is 138 Å². The zero-order valence-corrected chi connectivity index (χ0v) is 13.6. The van der Waals surface area contributed by atoms with E-state index in [0.29, 0.717) is 17.1 Å². The summed E-state index contributed by atoms with van der Waals surface area (Å²) in [6.45, 7) is 0. The van der Waals surface area contributed by atoms with Crippen LogP contribution in [0.3, 0.4) is 0 Å². The third-order valence-corrected chi connectivity index (χ3v) is 5.10. The quantitative estimate of drug-likeness (QED) is 0.902. The molecule has 3 N–H and O–H groups in total. The Bertz CT molecular complexity index is 688. The van der Waals surface area contributed by atoms with Crippen LogP contribution in [0, 0.1) is 11.7 Å². The summed E-state index contributed by atoms with van der Waals surface area (Å²) in [6, 6.07) is 6.81. The van der Waals surface area contributed by atoms with Gasteiger partial charge < -0.3 is 11.1 Å². The minimum atomic E-state index is -0.220. The molecule has 6 heteroatoms. The third kappa shape index (κ3) is 4.14. The van der Waals surface area contributed by atoms with Gasteiger partial charge >= 0.3 is 0 Å². The van der Waals surface area contributed by atoms with Crippen LogP contribution in [0.4, 0.5) is 9.52 Å². The normalized spacial score (nSPS) is 21.1. The van der Waals surface area contributed by atoms with Crippen molar-refractivity contribution in [1.82, 2.24) is 4.98 Å². The number of thiazole rings is 1. The molecule has 1 saturated carbocycles. The maximum absolute atomic E-state index is 13.7. The Hall–Kier alpha value is -1.79. The predicted octanol–water partition coefficient (Wildman–Crippen LogP) is 3.33. The minimum absolute atomic E-state index is 0.00746. The van der Waals surface area contributed by atoms with Crippen LogP contribution in [0.1, 0.15) is 36.1 Å². The molecular weight excluding hydrogens is 313 g/mol. The molecule has 0 bridgehead atoms. The molecule has 0 radical (unpaired) electrons. The van der Waals surface area contributed by atoms with Gasteiger partial charge in [-0.25, -0.2) is 9.37 Å². The number of halogens is 1. The van der Waals surface area contributed by atoms with E-state index >= 15 is 0 Å². The van der Waals surface area contributed by atoms with Crippen LogP contribution in [0.5, 0.6) is 0 Å². The summed E-state index contributed by atoms with van der Waals surface area (Å²) in [5.74, 6) is -0.257. The Balaban J connectivity index is 1.61. The Morgan fingerprint density at radius 2 is 2.22 bits per heavy atom. The lowest BCUT2D eigenvalue weighted by molar-refractivity contribution is -0.120. The van der Waals surface area contributed by atoms with Crippen LogP contribution in [0.2, 0.25) is 0 Å². The van der Waals surface area contributed by atoms with Crippen molar-refractivity contribution < 1.29 is 9.18 Å². The predicted molar refractivity (Wildman–Crippen MR) is 89.9 cm³/mol. The van der Waals surface area contributed by atoms with Gasteiger partial charge in [0.15, 0.2) is 5.13 Å². The van der Waals surface area contributed by atoms with Crippen molar-refractivity contribution in [2.45, 2.75) is 38.1 Å². The number of benzene rings is 1. The standard InChI is InChI=1S/C17H20FN3OS/c18-15-7-2-1-4-11(15)9-14-10-20-17(23-14)21-16(22)12-5-3-6-13(19)8-12/h1-2,4,7,10,12-13H,3,5-6,8-9,19H2,(H,20,21,22). The summed E-state index contributed by atoms with van der Waals surface area (Å²) < 4.78 is 13.7. The largest absolute Gasteiger partial charge is 0.328 e. The molecule has 1 aromatic heterocycles. The van der Waals surface area contributed by atoms with Gasteiger partial charge in [0.2, 0.25) is 5.91 Å².